The van der Waals surface area contributed by atoms with Gasteiger partial charge >= 0.3 is 0 Å². The number of carbonyl (C=O) groups excluding carboxylic acids is 1. The summed E-state index contributed by atoms with van der Waals surface area (Å²) in [4.78, 5) is 21.2. The van der Waals surface area contributed by atoms with E-state index in [9.17, 15) is 4.79 Å². The molecule has 27 heavy (non-hydrogen) atoms. The molecule has 0 saturated carbocycles. The van der Waals surface area contributed by atoms with Crippen LogP contribution in [0.15, 0.2) is 48.5 Å². The molecule has 0 unspecified atom stereocenters. The van der Waals surface area contributed by atoms with E-state index in [1.54, 1.807) is 7.11 Å². The van der Waals surface area contributed by atoms with Crippen molar-refractivity contribution in [3.8, 4) is 17.1 Å². The Morgan fingerprint density at radius 2 is 1.93 bits per heavy atom. The lowest BCUT2D eigenvalue weighted by Gasteiger charge is -2.20. The van der Waals surface area contributed by atoms with E-state index in [0.717, 1.165) is 10.9 Å². The first kappa shape index (κ1) is 16.9. The molecule has 0 spiro atoms. The molecule has 8 heteroatoms. The van der Waals surface area contributed by atoms with Gasteiger partial charge in [0.05, 0.1) is 12.6 Å². The van der Waals surface area contributed by atoms with Crippen LogP contribution >= 0.6 is 0 Å². The Morgan fingerprint density at radius 3 is 2.67 bits per heavy atom. The maximum atomic E-state index is 11.9. The third kappa shape index (κ3) is 2.67. The van der Waals surface area contributed by atoms with E-state index in [1.165, 1.54) is 11.4 Å². The number of ether oxygens (including phenoxy) is 1. The summed E-state index contributed by atoms with van der Waals surface area (Å²) >= 11 is 0. The van der Waals surface area contributed by atoms with E-state index in [2.05, 4.69) is 15.1 Å². The number of nitrogens with two attached hydrogens (primary N) is 2. The van der Waals surface area contributed by atoms with Gasteiger partial charge in [-0.1, -0.05) is 24.3 Å². The molecular weight excluding hydrogens is 344 g/mol. The zero-order valence-corrected chi connectivity index (χ0v) is 14.9. The van der Waals surface area contributed by atoms with Gasteiger partial charge in [-0.25, -0.2) is 9.97 Å². The van der Waals surface area contributed by atoms with Crippen molar-refractivity contribution in [2.45, 2.75) is 12.5 Å². The van der Waals surface area contributed by atoms with Gasteiger partial charge in [-0.2, -0.15) is 4.52 Å². The van der Waals surface area contributed by atoms with Gasteiger partial charge in [-0.15, -0.1) is 5.10 Å². The van der Waals surface area contributed by atoms with Crippen LogP contribution in [-0.2, 0) is 10.3 Å². The molecule has 0 aliphatic heterocycles. The molecule has 0 saturated heterocycles. The molecule has 0 aliphatic carbocycles. The zero-order valence-electron chi connectivity index (χ0n) is 14.9. The molecule has 136 valence electrons. The van der Waals surface area contributed by atoms with E-state index < -0.39 is 11.4 Å². The van der Waals surface area contributed by atoms with E-state index in [-0.39, 0.29) is 5.82 Å². The molecule has 4 N–H and O–H groups in total. The van der Waals surface area contributed by atoms with Crippen molar-refractivity contribution in [1.82, 2.24) is 19.6 Å². The fraction of sp³-hybridized carbons (Fsp3) is 0.158. The quantitative estimate of drug-likeness (QED) is 0.569. The number of methoxy groups -OCH3 is 1. The van der Waals surface area contributed by atoms with Gasteiger partial charge in [0.25, 0.3) is 0 Å². The molecule has 1 amide bonds. The first-order chi connectivity index (χ1) is 12.9. The number of primary amides is 1. The zero-order chi connectivity index (χ0) is 19.2. The summed E-state index contributed by atoms with van der Waals surface area (Å²) in [6.45, 7) is 1.51. The van der Waals surface area contributed by atoms with Crippen molar-refractivity contribution in [2.75, 3.05) is 7.11 Å². The maximum Gasteiger partial charge on any atom is 0.245 e. The van der Waals surface area contributed by atoms with Gasteiger partial charge in [0.15, 0.2) is 22.8 Å². The van der Waals surface area contributed by atoms with Crippen molar-refractivity contribution in [3.63, 3.8) is 0 Å². The fourth-order valence-corrected chi connectivity index (χ4v) is 2.89. The van der Waals surface area contributed by atoms with Crippen molar-refractivity contribution in [3.05, 3.63) is 54.4 Å². The number of amides is 1. The lowest BCUT2D eigenvalue weighted by atomic mass is 10.0. The summed E-state index contributed by atoms with van der Waals surface area (Å²) in [5, 5.41) is 5.35. The monoisotopic (exact) mass is 362 g/mol. The molecule has 4 rings (SSSR count). The van der Waals surface area contributed by atoms with Crippen molar-refractivity contribution in [2.24, 2.45) is 11.5 Å². The average Bonchev–Trinajstić information content (AvgIpc) is 3.12. The van der Waals surface area contributed by atoms with Crippen LogP contribution in [0.4, 0.5) is 0 Å². The second kappa shape index (κ2) is 6.03. The second-order valence-electron chi connectivity index (χ2n) is 6.42. The Hall–Kier alpha value is -3.52. The van der Waals surface area contributed by atoms with E-state index in [1.807, 2.05) is 48.5 Å². The van der Waals surface area contributed by atoms with E-state index in [0.29, 0.717) is 22.7 Å². The molecule has 8 nitrogen and oxygen atoms in total. The number of aromatic nitrogens is 4. The second-order valence-corrected chi connectivity index (χ2v) is 6.42. The maximum absolute atomic E-state index is 11.9. The Bertz CT molecular complexity index is 1180. The number of hydrogen-bond acceptors (Lipinski definition) is 6. The van der Waals surface area contributed by atoms with Gasteiger partial charge in [0.1, 0.15) is 5.75 Å². The smallest absolute Gasteiger partial charge is 0.245 e. The molecule has 0 fully saturated rings. The Labute approximate surface area is 154 Å². The lowest BCUT2D eigenvalue weighted by molar-refractivity contribution is -0.123. The number of fused-ring (bicyclic) bond motifs is 3. The summed E-state index contributed by atoms with van der Waals surface area (Å²) in [5.41, 5.74) is 12.2. The van der Waals surface area contributed by atoms with Crippen LogP contribution in [0.25, 0.3) is 27.9 Å². The standard InChI is InChI=1S/C19H18N6O2/c1-19(21,17(20)26)18-22-14-9-4-3-8-13(14)16-23-15(24-25(16)18)11-6-5-7-12(10-11)27-2/h3-10H,21H2,1-2H3,(H2,20,26)/t19-/m1/s1. The minimum atomic E-state index is -1.51. The van der Waals surface area contributed by atoms with Gasteiger partial charge in [0.2, 0.25) is 5.91 Å². The van der Waals surface area contributed by atoms with Crippen LogP contribution in [0.5, 0.6) is 5.75 Å². The van der Waals surface area contributed by atoms with E-state index in [4.69, 9.17) is 16.2 Å². The van der Waals surface area contributed by atoms with Crippen LogP contribution in [0.2, 0.25) is 0 Å². The molecule has 0 radical (unpaired) electrons. The number of benzene rings is 2. The van der Waals surface area contributed by atoms with Crippen molar-refractivity contribution in [1.29, 1.82) is 0 Å². The van der Waals surface area contributed by atoms with Gasteiger partial charge in [-0.3, -0.25) is 4.79 Å². The highest BCUT2D eigenvalue weighted by Crippen LogP contribution is 2.27. The Kier molecular flexibility index (Phi) is 3.78. The first-order valence-electron chi connectivity index (χ1n) is 8.31. The normalized spacial score (nSPS) is 13.6. The summed E-state index contributed by atoms with van der Waals surface area (Å²) in [5.74, 6) is 0.680. The molecule has 4 aromatic rings. The van der Waals surface area contributed by atoms with Gasteiger partial charge in [-0.05, 0) is 31.2 Å². The number of rotatable bonds is 4. The number of carbonyl (C=O) groups is 1. The number of nitrogens with zero attached hydrogens (tertiary/aromatic N) is 4. The number of hydrogen-bond donors (Lipinski definition) is 2. The average molecular weight is 362 g/mol. The molecule has 0 bridgehead atoms. The topological polar surface area (TPSA) is 121 Å². The van der Waals surface area contributed by atoms with Crippen LogP contribution in [0.3, 0.4) is 0 Å². The third-order valence-electron chi connectivity index (χ3n) is 4.48. The summed E-state index contributed by atoms with van der Waals surface area (Å²) in [7, 11) is 1.60. The predicted molar refractivity (Wildman–Crippen MR) is 101 cm³/mol. The number of para-hydroxylation sites is 1. The predicted octanol–water partition coefficient (Wildman–Crippen LogP) is 1.61. The largest absolute Gasteiger partial charge is 0.497 e. The highest BCUT2D eigenvalue weighted by atomic mass is 16.5. The minimum absolute atomic E-state index is 0.227. The molecule has 2 aromatic carbocycles. The minimum Gasteiger partial charge on any atom is -0.497 e. The molecule has 0 aliphatic rings. The highest BCUT2D eigenvalue weighted by Gasteiger charge is 2.34. The Morgan fingerprint density at radius 1 is 1.15 bits per heavy atom. The summed E-state index contributed by atoms with van der Waals surface area (Å²) in [6.07, 6.45) is 0. The van der Waals surface area contributed by atoms with Crippen molar-refractivity contribution >= 4 is 22.5 Å². The van der Waals surface area contributed by atoms with Gasteiger partial charge in [0, 0.05) is 10.9 Å². The first-order valence-corrected chi connectivity index (χ1v) is 8.31. The van der Waals surface area contributed by atoms with Crippen LogP contribution in [-0.4, -0.2) is 32.6 Å². The van der Waals surface area contributed by atoms with E-state index >= 15 is 0 Å². The Balaban J connectivity index is 2.06. The van der Waals surface area contributed by atoms with Crippen molar-refractivity contribution < 1.29 is 9.53 Å². The van der Waals surface area contributed by atoms with Gasteiger partial charge < -0.3 is 16.2 Å². The third-order valence-corrected chi connectivity index (χ3v) is 4.48. The van der Waals surface area contributed by atoms with Crippen LogP contribution < -0.4 is 16.2 Å². The summed E-state index contributed by atoms with van der Waals surface area (Å²) < 4.78 is 6.76. The molecule has 1 atom stereocenters. The molecule has 2 heterocycles. The van der Waals surface area contributed by atoms with Crippen LogP contribution in [0.1, 0.15) is 12.7 Å². The lowest BCUT2D eigenvalue weighted by Crippen LogP contribution is -2.48. The highest BCUT2D eigenvalue weighted by molar-refractivity contribution is 5.93. The molecule has 2 aromatic heterocycles. The van der Waals surface area contributed by atoms with Crippen LogP contribution in [0, 0.1) is 0 Å². The SMILES string of the molecule is COc1cccc(-c2nc3c4ccccc4nc([C@](C)(N)C(N)=O)n3n2)c1. The molecular formula is C19H18N6O2. The fourth-order valence-electron chi connectivity index (χ4n) is 2.89. The summed E-state index contributed by atoms with van der Waals surface area (Å²) in [6, 6.07) is 14.9.